The molecule has 3 unspecified atom stereocenters. The number of furan rings is 2. The fourth-order valence-electron chi connectivity index (χ4n) is 10.2. The second-order valence-corrected chi connectivity index (χ2v) is 16.0. The van der Waals surface area contributed by atoms with Crippen LogP contribution in [0.25, 0.3) is 83.6 Å². The maximum absolute atomic E-state index is 6.34. The maximum atomic E-state index is 6.34. The van der Waals surface area contributed by atoms with Crippen molar-refractivity contribution in [2.75, 3.05) is 4.90 Å². The predicted octanol–water partition coefficient (Wildman–Crippen LogP) is 12.6. The second-order valence-electron chi connectivity index (χ2n) is 16.0. The lowest BCUT2D eigenvalue weighted by Gasteiger charge is -2.30. The summed E-state index contributed by atoms with van der Waals surface area (Å²) in [7, 11) is 0. The fourth-order valence-corrected chi connectivity index (χ4v) is 10.2. The van der Waals surface area contributed by atoms with E-state index >= 15 is 0 Å². The fraction of sp³-hybridized carbons (Fsp3) is 0.0741. The molecule has 3 aliphatic rings. The van der Waals surface area contributed by atoms with E-state index < -0.39 is 0 Å². The Kier molecular flexibility index (Phi) is 6.65. The van der Waals surface area contributed by atoms with Gasteiger partial charge in [0, 0.05) is 55.0 Å². The lowest BCUT2D eigenvalue weighted by Crippen LogP contribution is -2.29. The number of aromatic nitrogens is 1. The Morgan fingerprint density at radius 1 is 0.517 bits per heavy atom. The molecule has 2 aliphatic carbocycles. The molecule has 10 aromatic rings. The average Bonchev–Trinajstić information content (AvgIpc) is 4.03. The van der Waals surface area contributed by atoms with Gasteiger partial charge in [-0.15, -0.1) is 0 Å². The normalized spacial score (nSPS) is 18.4. The molecule has 0 radical (unpaired) electrons. The van der Waals surface area contributed by atoms with E-state index in [9.17, 15) is 0 Å². The third kappa shape index (κ3) is 4.63. The maximum Gasteiger partial charge on any atom is 0.135 e. The molecule has 0 bridgehead atoms. The number of hydrogen-bond acceptors (Lipinski definition) is 3. The van der Waals surface area contributed by atoms with Gasteiger partial charge in [0.05, 0.1) is 17.6 Å². The SMILES string of the molecule is C1=CC2C(C=C1c1ccccc1)c1cc3c4cc(-c5ccccc5)ccc4n(C4C=c5c(oc6ccccc56)=CC4)c3cc1N2c1ccc2oc3ccccc3c2c1. The van der Waals surface area contributed by atoms with Crippen LogP contribution in [0.1, 0.15) is 29.5 Å². The van der Waals surface area contributed by atoms with Crippen molar-refractivity contribution >= 4 is 83.8 Å². The van der Waals surface area contributed by atoms with Crippen molar-refractivity contribution in [1.29, 1.82) is 0 Å². The van der Waals surface area contributed by atoms with Gasteiger partial charge in [0.25, 0.3) is 0 Å². The van der Waals surface area contributed by atoms with Gasteiger partial charge >= 0.3 is 0 Å². The van der Waals surface area contributed by atoms with Gasteiger partial charge in [-0.3, -0.25) is 0 Å². The van der Waals surface area contributed by atoms with Crippen LogP contribution in [-0.4, -0.2) is 10.6 Å². The van der Waals surface area contributed by atoms with Crippen LogP contribution >= 0.6 is 0 Å². The van der Waals surface area contributed by atoms with Crippen molar-refractivity contribution in [3.8, 4) is 11.1 Å². The second kappa shape index (κ2) is 12.1. The smallest absolute Gasteiger partial charge is 0.135 e. The van der Waals surface area contributed by atoms with Gasteiger partial charge in [0.2, 0.25) is 0 Å². The van der Waals surface area contributed by atoms with Crippen LogP contribution in [0.2, 0.25) is 0 Å². The van der Waals surface area contributed by atoms with E-state index in [1.54, 1.807) is 0 Å². The zero-order valence-corrected chi connectivity index (χ0v) is 31.5. The molecule has 3 atom stereocenters. The number of para-hydroxylation sites is 2. The largest absolute Gasteiger partial charge is 0.456 e. The Labute approximate surface area is 334 Å². The highest BCUT2D eigenvalue weighted by molar-refractivity contribution is 6.12. The minimum Gasteiger partial charge on any atom is -0.456 e. The summed E-state index contributed by atoms with van der Waals surface area (Å²) in [5.41, 5.74) is 14.9. The number of nitrogens with zero attached hydrogens (tertiary/aromatic N) is 2. The zero-order chi connectivity index (χ0) is 37.9. The van der Waals surface area contributed by atoms with Gasteiger partial charge in [0.15, 0.2) is 0 Å². The molecule has 0 saturated heterocycles. The van der Waals surface area contributed by atoms with E-state index in [1.165, 1.54) is 60.5 Å². The first-order valence-electron chi connectivity index (χ1n) is 20.3. The molecule has 1 aliphatic heterocycles. The molecule has 4 heteroatoms. The lowest BCUT2D eigenvalue weighted by molar-refractivity contribution is 0.564. The summed E-state index contributed by atoms with van der Waals surface area (Å²) in [6.45, 7) is 0. The highest BCUT2D eigenvalue weighted by Crippen LogP contribution is 2.52. The third-order valence-electron chi connectivity index (χ3n) is 12.8. The Hall–Kier alpha value is -7.30. The first-order valence-corrected chi connectivity index (χ1v) is 20.3. The van der Waals surface area contributed by atoms with E-state index in [0.717, 1.165) is 50.4 Å². The number of fused-ring (bicyclic) bond motifs is 12. The highest BCUT2D eigenvalue weighted by Gasteiger charge is 2.40. The van der Waals surface area contributed by atoms with Crippen LogP contribution in [0.4, 0.5) is 11.4 Å². The van der Waals surface area contributed by atoms with Gasteiger partial charge in [0.1, 0.15) is 22.2 Å². The van der Waals surface area contributed by atoms with Crippen molar-refractivity contribution in [1.82, 2.24) is 4.57 Å². The monoisotopic (exact) mass is 744 g/mol. The van der Waals surface area contributed by atoms with Crippen LogP contribution < -0.4 is 15.5 Å². The first kappa shape index (κ1) is 31.9. The lowest BCUT2D eigenvalue weighted by atomic mass is 9.86. The van der Waals surface area contributed by atoms with Crippen molar-refractivity contribution in [2.45, 2.75) is 24.4 Å². The molecule has 0 fully saturated rings. The molecular weight excluding hydrogens is 709 g/mol. The standard InChI is InChI=1S/C54H36N2O2/c1-3-11-33(12-4-1)35-19-23-47-41(27-35)43-31-44-42-28-36(34-13-5-2-6-14-34)20-24-48(42)56(38-22-26-54-46(30-38)40-16-8-10-18-52(40)58-54)50(44)32-49(43)55(47)37-21-25-53-45(29-37)39-15-7-9-17-51(39)57-53/h1-21,23-32,38,41,47H,22H2. The number of allylic oxidation sites excluding steroid dienone is 2. The Morgan fingerprint density at radius 3 is 2.09 bits per heavy atom. The van der Waals surface area contributed by atoms with Gasteiger partial charge in [-0.05, 0) is 101 Å². The molecule has 3 aromatic heterocycles. The van der Waals surface area contributed by atoms with Crippen molar-refractivity contribution in [3.05, 3.63) is 198 Å². The topological polar surface area (TPSA) is 34.5 Å². The predicted molar refractivity (Wildman–Crippen MR) is 239 cm³/mol. The van der Waals surface area contributed by atoms with E-state index in [0.29, 0.717) is 0 Å². The van der Waals surface area contributed by atoms with Gasteiger partial charge < -0.3 is 18.3 Å². The molecule has 0 saturated carbocycles. The van der Waals surface area contributed by atoms with Crippen LogP contribution in [0, 0.1) is 0 Å². The zero-order valence-electron chi connectivity index (χ0n) is 31.5. The van der Waals surface area contributed by atoms with Crippen LogP contribution in [0.3, 0.4) is 0 Å². The molecular formula is C54H36N2O2. The average molecular weight is 745 g/mol. The number of rotatable bonds is 4. The van der Waals surface area contributed by atoms with Crippen molar-refractivity contribution < 1.29 is 8.83 Å². The quantitative estimate of drug-likeness (QED) is 0.180. The van der Waals surface area contributed by atoms with Crippen LogP contribution in [-0.2, 0) is 0 Å². The third-order valence-corrected chi connectivity index (χ3v) is 12.8. The van der Waals surface area contributed by atoms with E-state index in [1.807, 2.05) is 6.07 Å². The first-order chi connectivity index (χ1) is 28.7. The summed E-state index contributed by atoms with van der Waals surface area (Å²) in [5.74, 6) is 0.154. The van der Waals surface area contributed by atoms with Gasteiger partial charge in [-0.2, -0.15) is 0 Å². The Balaban J connectivity index is 1.08. The molecule has 0 N–H and O–H groups in total. The summed E-state index contributed by atoms with van der Waals surface area (Å²) in [5, 5.41) is 7.18. The number of hydrogen-bond donors (Lipinski definition) is 0. The molecule has 4 heterocycles. The molecule has 13 rings (SSSR count). The van der Waals surface area contributed by atoms with E-state index in [2.05, 4.69) is 192 Å². The molecule has 0 spiro atoms. The molecule has 0 amide bonds. The Morgan fingerprint density at radius 2 is 1.24 bits per heavy atom. The molecule has 58 heavy (non-hydrogen) atoms. The summed E-state index contributed by atoms with van der Waals surface area (Å²) in [6.07, 6.45) is 12.8. The van der Waals surface area contributed by atoms with Gasteiger partial charge in [-0.1, -0.05) is 121 Å². The molecule has 4 nitrogen and oxygen atoms in total. The van der Waals surface area contributed by atoms with Gasteiger partial charge in [-0.25, -0.2) is 0 Å². The summed E-state index contributed by atoms with van der Waals surface area (Å²) in [6, 6.07) is 57.3. The number of benzene rings is 7. The summed E-state index contributed by atoms with van der Waals surface area (Å²) < 4.78 is 15.2. The van der Waals surface area contributed by atoms with Crippen LogP contribution in [0.5, 0.6) is 0 Å². The minimum atomic E-state index is 0.101. The van der Waals surface area contributed by atoms with E-state index in [-0.39, 0.29) is 18.0 Å². The van der Waals surface area contributed by atoms with Crippen molar-refractivity contribution in [3.63, 3.8) is 0 Å². The van der Waals surface area contributed by atoms with Crippen molar-refractivity contribution in [2.24, 2.45) is 0 Å². The molecule has 274 valence electrons. The Bertz CT molecular complexity index is 3510. The highest BCUT2D eigenvalue weighted by atomic mass is 16.3. The summed E-state index contributed by atoms with van der Waals surface area (Å²) in [4.78, 5) is 2.57. The summed E-state index contributed by atoms with van der Waals surface area (Å²) >= 11 is 0. The van der Waals surface area contributed by atoms with Crippen LogP contribution in [0.15, 0.2) is 185 Å². The minimum absolute atomic E-state index is 0.101. The molecule has 7 aromatic carbocycles. The van der Waals surface area contributed by atoms with E-state index in [4.69, 9.17) is 8.83 Å². The number of anilines is 2.